The third-order valence-electron chi connectivity index (χ3n) is 6.69. The number of hydrogen-bond donors (Lipinski definition) is 1. The van der Waals surface area contributed by atoms with Gasteiger partial charge in [0.2, 0.25) is 11.8 Å². The summed E-state index contributed by atoms with van der Waals surface area (Å²) < 4.78 is 5.87. The number of rotatable bonds is 12. The molecule has 6 heteroatoms. The molecule has 1 aromatic rings. The Morgan fingerprint density at radius 2 is 1.75 bits per heavy atom. The summed E-state index contributed by atoms with van der Waals surface area (Å²) in [7, 11) is 0. The van der Waals surface area contributed by atoms with Gasteiger partial charge in [0.05, 0.1) is 6.61 Å². The first-order valence-corrected chi connectivity index (χ1v) is 13.0. The summed E-state index contributed by atoms with van der Waals surface area (Å²) in [6, 6.07) is 7.29. The molecule has 0 aliphatic heterocycles. The molecule has 1 unspecified atom stereocenters. The van der Waals surface area contributed by atoms with Crippen LogP contribution in [0.5, 0.6) is 5.75 Å². The van der Waals surface area contributed by atoms with Crippen molar-refractivity contribution in [1.82, 2.24) is 10.2 Å². The maximum absolute atomic E-state index is 13.5. The predicted molar refractivity (Wildman–Crippen MR) is 129 cm³/mol. The fourth-order valence-corrected chi connectivity index (χ4v) is 4.71. The molecule has 5 nitrogen and oxygen atoms in total. The molecule has 2 fully saturated rings. The van der Waals surface area contributed by atoms with Crippen LogP contribution in [0.4, 0.5) is 0 Å². The van der Waals surface area contributed by atoms with Gasteiger partial charge >= 0.3 is 0 Å². The molecule has 32 heavy (non-hydrogen) atoms. The van der Waals surface area contributed by atoms with Crippen molar-refractivity contribution in [3.8, 4) is 5.75 Å². The maximum Gasteiger partial charge on any atom is 0.247 e. The summed E-state index contributed by atoms with van der Waals surface area (Å²) in [6.45, 7) is 5.16. The number of carbonyl (C=O) groups excluding carboxylic acids is 2. The van der Waals surface area contributed by atoms with Crippen LogP contribution >= 0.6 is 11.6 Å². The molecule has 0 spiro atoms. The molecule has 0 saturated heterocycles. The molecule has 0 aromatic heterocycles. The normalized spacial score (nSPS) is 21.6. The summed E-state index contributed by atoms with van der Waals surface area (Å²) in [5.74, 6) is 1.13. The lowest BCUT2D eigenvalue weighted by Gasteiger charge is -2.34. The maximum atomic E-state index is 13.5. The van der Waals surface area contributed by atoms with Crippen LogP contribution in [-0.4, -0.2) is 41.3 Å². The van der Waals surface area contributed by atoms with Crippen molar-refractivity contribution in [2.75, 3.05) is 12.5 Å². The lowest BCUT2D eigenvalue weighted by Crippen LogP contribution is -2.48. The standard InChI is InChI=1S/C26H39ClN2O3/c1-3-4-5-6-17-32-23-15-9-20(10-16-23)25(29(22-13-14-22)24(30)18-27)26(31)28-21-11-7-19(2)8-12-21/h9-10,15-16,19,21-22,25H,3-8,11-14,17-18H2,1-2H3,(H,28,31). The quantitative estimate of drug-likeness (QED) is 0.324. The molecule has 2 amide bonds. The van der Waals surface area contributed by atoms with E-state index in [4.69, 9.17) is 16.3 Å². The molecule has 1 atom stereocenters. The number of nitrogens with one attached hydrogen (secondary N) is 1. The first-order valence-electron chi connectivity index (χ1n) is 12.4. The van der Waals surface area contributed by atoms with E-state index in [1.165, 1.54) is 19.3 Å². The van der Waals surface area contributed by atoms with Crippen LogP contribution in [0.15, 0.2) is 24.3 Å². The van der Waals surface area contributed by atoms with E-state index in [1.807, 2.05) is 24.3 Å². The lowest BCUT2D eigenvalue weighted by atomic mass is 9.87. The van der Waals surface area contributed by atoms with Crippen molar-refractivity contribution in [2.24, 2.45) is 5.92 Å². The highest BCUT2D eigenvalue weighted by Gasteiger charge is 2.41. The van der Waals surface area contributed by atoms with E-state index in [2.05, 4.69) is 19.2 Å². The van der Waals surface area contributed by atoms with Crippen LogP contribution in [0.3, 0.4) is 0 Å². The summed E-state index contributed by atoms with van der Waals surface area (Å²) in [6.07, 6.45) is 10.8. The Morgan fingerprint density at radius 3 is 2.34 bits per heavy atom. The van der Waals surface area contributed by atoms with Crippen LogP contribution < -0.4 is 10.1 Å². The van der Waals surface area contributed by atoms with Gasteiger partial charge in [0.15, 0.2) is 0 Å². The second-order valence-corrected chi connectivity index (χ2v) is 9.78. The summed E-state index contributed by atoms with van der Waals surface area (Å²) in [5, 5.41) is 3.24. The van der Waals surface area contributed by atoms with Gasteiger partial charge in [0.25, 0.3) is 0 Å². The monoisotopic (exact) mass is 462 g/mol. The number of nitrogens with zero attached hydrogens (tertiary/aromatic N) is 1. The Morgan fingerprint density at radius 1 is 1.06 bits per heavy atom. The highest BCUT2D eigenvalue weighted by Crippen LogP contribution is 2.36. The zero-order valence-corrected chi connectivity index (χ0v) is 20.4. The SMILES string of the molecule is CCCCCCOc1ccc(C(C(=O)NC2CCC(C)CC2)N(C(=O)CCl)C2CC2)cc1. The largest absolute Gasteiger partial charge is 0.494 e. The van der Waals surface area contributed by atoms with Gasteiger partial charge in [0.1, 0.15) is 17.7 Å². The van der Waals surface area contributed by atoms with Crippen LogP contribution in [0.25, 0.3) is 0 Å². The number of hydrogen-bond acceptors (Lipinski definition) is 3. The van der Waals surface area contributed by atoms with Gasteiger partial charge in [-0.25, -0.2) is 0 Å². The van der Waals surface area contributed by atoms with E-state index in [9.17, 15) is 9.59 Å². The molecule has 2 aliphatic carbocycles. The Labute approximate surface area is 198 Å². The van der Waals surface area contributed by atoms with Crippen molar-refractivity contribution in [1.29, 1.82) is 0 Å². The van der Waals surface area contributed by atoms with Gasteiger partial charge in [-0.15, -0.1) is 11.6 Å². The number of ether oxygens (including phenoxy) is 1. The van der Waals surface area contributed by atoms with E-state index in [0.29, 0.717) is 12.5 Å². The van der Waals surface area contributed by atoms with Gasteiger partial charge in [-0.2, -0.15) is 0 Å². The number of halogens is 1. The molecule has 3 rings (SSSR count). The van der Waals surface area contributed by atoms with Gasteiger partial charge < -0.3 is 15.0 Å². The van der Waals surface area contributed by atoms with Crippen molar-refractivity contribution in [3.63, 3.8) is 0 Å². The Balaban J connectivity index is 1.71. The van der Waals surface area contributed by atoms with Crippen LogP contribution in [0.1, 0.15) is 89.7 Å². The minimum Gasteiger partial charge on any atom is -0.494 e. The first kappa shape index (κ1) is 24.9. The molecular formula is C26H39ClN2O3. The predicted octanol–water partition coefficient (Wildman–Crippen LogP) is 5.61. The highest BCUT2D eigenvalue weighted by molar-refractivity contribution is 6.27. The van der Waals surface area contributed by atoms with E-state index < -0.39 is 6.04 Å². The smallest absolute Gasteiger partial charge is 0.247 e. The van der Waals surface area contributed by atoms with Gasteiger partial charge in [-0.05, 0) is 68.6 Å². The second kappa shape index (κ2) is 12.5. The number of unbranched alkanes of at least 4 members (excludes halogenated alkanes) is 3. The van der Waals surface area contributed by atoms with E-state index in [0.717, 1.165) is 56.3 Å². The average molecular weight is 463 g/mol. The minimum atomic E-state index is -0.647. The van der Waals surface area contributed by atoms with Crippen molar-refractivity contribution < 1.29 is 14.3 Å². The molecule has 2 saturated carbocycles. The molecule has 0 heterocycles. The van der Waals surface area contributed by atoms with Gasteiger partial charge in [-0.1, -0.05) is 45.2 Å². The zero-order valence-electron chi connectivity index (χ0n) is 19.7. The number of alkyl halides is 1. The van der Waals surface area contributed by atoms with Crippen LogP contribution in [-0.2, 0) is 9.59 Å². The fourth-order valence-electron chi connectivity index (χ4n) is 4.57. The third-order valence-corrected chi connectivity index (χ3v) is 6.92. The van der Waals surface area contributed by atoms with Crippen molar-refractivity contribution in [2.45, 2.75) is 96.2 Å². The van der Waals surface area contributed by atoms with E-state index in [-0.39, 0.29) is 29.8 Å². The molecule has 1 N–H and O–H groups in total. The fraction of sp³-hybridized carbons (Fsp3) is 0.692. The molecule has 1 aromatic carbocycles. The number of benzene rings is 1. The van der Waals surface area contributed by atoms with Crippen LogP contribution in [0.2, 0.25) is 0 Å². The van der Waals surface area contributed by atoms with Crippen LogP contribution in [0, 0.1) is 5.92 Å². The van der Waals surface area contributed by atoms with Gasteiger partial charge in [0, 0.05) is 12.1 Å². The van der Waals surface area contributed by atoms with Crippen molar-refractivity contribution >= 4 is 23.4 Å². The topological polar surface area (TPSA) is 58.6 Å². The molecule has 178 valence electrons. The second-order valence-electron chi connectivity index (χ2n) is 9.51. The highest BCUT2D eigenvalue weighted by atomic mass is 35.5. The molecule has 0 radical (unpaired) electrons. The average Bonchev–Trinajstić information content (AvgIpc) is 3.64. The molecule has 2 aliphatic rings. The lowest BCUT2D eigenvalue weighted by molar-refractivity contribution is -0.140. The van der Waals surface area contributed by atoms with Gasteiger partial charge in [-0.3, -0.25) is 9.59 Å². The summed E-state index contributed by atoms with van der Waals surface area (Å²) in [4.78, 5) is 27.9. The van der Waals surface area contributed by atoms with E-state index >= 15 is 0 Å². The van der Waals surface area contributed by atoms with E-state index in [1.54, 1.807) is 4.90 Å². The van der Waals surface area contributed by atoms with Crippen molar-refractivity contribution in [3.05, 3.63) is 29.8 Å². The number of carbonyl (C=O) groups is 2. The Hall–Kier alpha value is -1.75. The Kier molecular flexibility index (Phi) is 9.70. The molecule has 0 bridgehead atoms. The third kappa shape index (κ3) is 7.13. The molecular weight excluding hydrogens is 424 g/mol. The minimum absolute atomic E-state index is 0.0943. The zero-order chi connectivity index (χ0) is 22.9. The Bertz CT molecular complexity index is 727. The summed E-state index contributed by atoms with van der Waals surface area (Å²) in [5.41, 5.74) is 0.815. The first-order chi connectivity index (χ1) is 15.5. The summed E-state index contributed by atoms with van der Waals surface area (Å²) >= 11 is 5.94. The number of amides is 2.